The van der Waals surface area contributed by atoms with Gasteiger partial charge in [0.1, 0.15) is 4.99 Å². The molecule has 0 radical (unpaired) electrons. The Balaban J connectivity index is 2.10. The van der Waals surface area contributed by atoms with Gasteiger partial charge in [0.2, 0.25) is 5.91 Å². The molecule has 0 aliphatic rings. The fourth-order valence-electron chi connectivity index (χ4n) is 2.12. The number of carbonyl (C=O) groups excluding carboxylic acids is 1. The number of rotatable bonds is 4. The van der Waals surface area contributed by atoms with Gasteiger partial charge in [0.15, 0.2) is 0 Å². The normalized spacial score (nSPS) is 10.2. The summed E-state index contributed by atoms with van der Waals surface area (Å²) < 4.78 is 0. The maximum Gasteiger partial charge on any atom is 0.228 e. The second kappa shape index (κ2) is 6.50. The van der Waals surface area contributed by atoms with E-state index in [0.29, 0.717) is 17.1 Å². The lowest BCUT2D eigenvalue weighted by Crippen LogP contribution is -2.16. The number of aryl methyl sites for hydroxylation is 2. The molecule has 0 saturated carbocycles. The van der Waals surface area contributed by atoms with Crippen LogP contribution in [0.4, 0.5) is 5.69 Å². The van der Waals surface area contributed by atoms with Gasteiger partial charge in [-0.3, -0.25) is 4.79 Å². The Kier molecular flexibility index (Phi) is 4.70. The zero-order valence-corrected chi connectivity index (χ0v) is 13.0. The van der Waals surface area contributed by atoms with Crippen LogP contribution in [0.1, 0.15) is 22.3 Å². The Labute approximate surface area is 130 Å². The van der Waals surface area contributed by atoms with Crippen LogP contribution in [0.3, 0.4) is 0 Å². The zero-order valence-electron chi connectivity index (χ0n) is 12.1. The first kappa shape index (κ1) is 15.2. The monoisotopic (exact) mass is 298 g/mol. The molecule has 21 heavy (non-hydrogen) atoms. The first-order chi connectivity index (χ1) is 9.95. The molecule has 0 aliphatic heterocycles. The molecule has 3 N–H and O–H groups in total. The summed E-state index contributed by atoms with van der Waals surface area (Å²) in [7, 11) is 0. The number of hydrogen-bond acceptors (Lipinski definition) is 2. The summed E-state index contributed by atoms with van der Waals surface area (Å²) in [5.41, 5.74) is 10.4. The average molecular weight is 298 g/mol. The molecule has 2 aromatic carbocycles. The summed E-state index contributed by atoms with van der Waals surface area (Å²) in [6.07, 6.45) is 0.352. The van der Waals surface area contributed by atoms with Gasteiger partial charge in [0, 0.05) is 11.3 Å². The molecule has 0 bridgehead atoms. The van der Waals surface area contributed by atoms with E-state index in [0.717, 1.165) is 22.3 Å². The summed E-state index contributed by atoms with van der Waals surface area (Å²) >= 11 is 4.94. The molecule has 3 nitrogen and oxygen atoms in total. The molecule has 0 spiro atoms. The van der Waals surface area contributed by atoms with E-state index in [1.807, 2.05) is 50.2 Å². The van der Waals surface area contributed by atoms with E-state index in [1.165, 1.54) is 0 Å². The molecule has 0 unspecified atom stereocenters. The molecule has 0 fully saturated rings. The summed E-state index contributed by atoms with van der Waals surface area (Å²) in [4.78, 5) is 12.5. The lowest BCUT2D eigenvalue weighted by molar-refractivity contribution is -0.115. The van der Waals surface area contributed by atoms with E-state index in [9.17, 15) is 4.79 Å². The molecule has 0 saturated heterocycles. The number of thiocarbonyl (C=S) groups is 1. The van der Waals surface area contributed by atoms with Gasteiger partial charge in [-0.05, 0) is 37.1 Å². The fraction of sp³-hybridized carbons (Fsp3) is 0.176. The summed E-state index contributed by atoms with van der Waals surface area (Å²) in [5, 5.41) is 2.88. The minimum atomic E-state index is -0.0520. The SMILES string of the molecule is Cc1ccc(C)c(CC(=O)Nc2cccc(C(N)=S)c2)c1. The lowest BCUT2D eigenvalue weighted by Gasteiger charge is -2.09. The maximum atomic E-state index is 12.2. The molecule has 0 aromatic heterocycles. The van der Waals surface area contributed by atoms with Crippen molar-refractivity contribution in [1.29, 1.82) is 0 Å². The Hall–Kier alpha value is -2.20. The first-order valence-corrected chi connectivity index (χ1v) is 7.12. The number of nitrogens with two attached hydrogens (primary N) is 1. The van der Waals surface area contributed by atoms with Crippen LogP contribution in [0.5, 0.6) is 0 Å². The van der Waals surface area contributed by atoms with E-state index in [2.05, 4.69) is 5.32 Å². The van der Waals surface area contributed by atoms with Crippen LogP contribution in [-0.2, 0) is 11.2 Å². The van der Waals surface area contributed by atoms with Crippen LogP contribution in [0.2, 0.25) is 0 Å². The molecule has 2 rings (SSSR count). The highest BCUT2D eigenvalue weighted by atomic mass is 32.1. The third-order valence-corrected chi connectivity index (χ3v) is 3.52. The van der Waals surface area contributed by atoms with E-state index in [1.54, 1.807) is 6.07 Å². The highest BCUT2D eigenvalue weighted by Gasteiger charge is 2.07. The van der Waals surface area contributed by atoms with E-state index in [-0.39, 0.29) is 5.91 Å². The van der Waals surface area contributed by atoms with Crippen LogP contribution < -0.4 is 11.1 Å². The van der Waals surface area contributed by atoms with E-state index < -0.39 is 0 Å². The predicted octanol–water partition coefficient (Wildman–Crippen LogP) is 3.12. The summed E-state index contributed by atoms with van der Waals surface area (Å²) in [6, 6.07) is 13.4. The average Bonchev–Trinajstić information content (AvgIpc) is 2.43. The van der Waals surface area contributed by atoms with Crippen molar-refractivity contribution in [2.75, 3.05) is 5.32 Å². The smallest absolute Gasteiger partial charge is 0.228 e. The highest BCUT2D eigenvalue weighted by Crippen LogP contribution is 2.14. The van der Waals surface area contributed by atoms with Crippen LogP contribution in [-0.4, -0.2) is 10.9 Å². The number of anilines is 1. The molecule has 4 heteroatoms. The molecular formula is C17H18N2OS. The standard InChI is InChI=1S/C17H18N2OS/c1-11-6-7-12(2)14(8-11)10-16(20)19-15-5-3-4-13(9-15)17(18)21/h3-9H,10H2,1-2H3,(H2,18,21)(H,19,20). The van der Waals surface area contributed by atoms with Gasteiger partial charge >= 0.3 is 0 Å². The van der Waals surface area contributed by atoms with Crippen molar-refractivity contribution in [3.05, 3.63) is 64.7 Å². The van der Waals surface area contributed by atoms with Crippen molar-refractivity contribution in [2.45, 2.75) is 20.3 Å². The van der Waals surface area contributed by atoms with Crippen LogP contribution >= 0.6 is 12.2 Å². The van der Waals surface area contributed by atoms with Crippen LogP contribution in [0.15, 0.2) is 42.5 Å². The molecule has 0 atom stereocenters. The second-order valence-corrected chi connectivity index (χ2v) is 5.54. The maximum absolute atomic E-state index is 12.2. The Morgan fingerprint density at radius 1 is 1.19 bits per heavy atom. The minimum absolute atomic E-state index is 0.0520. The van der Waals surface area contributed by atoms with Gasteiger partial charge in [0.05, 0.1) is 6.42 Å². The lowest BCUT2D eigenvalue weighted by atomic mass is 10.0. The van der Waals surface area contributed by atoms with Gasteiger partial charge in [-0.1, -0.05) is 48.1 Å². The van der Waals surface area contributed by atoms with Crippen molar-refractivity contribution in [3.63, 3.8) is 0 Å². The predicted molar refractivity (Wildman–Crippen MR) is 90.6 cm³/mol. The van der Waals surface area contributed by atoms with E-state index in [4.69, 9.17) is 18.0 Å². The van der Waals surface area contributed by atoms with Crippen molar-refractivity contribution in [2.24, 2.45) is 5.73 Å². The molecule has 0 aliphatic carbocycles. The van der Waals surface area contributed by atoms with Crippen LogP contribution in [0.25, 0.3) is 0 Å². The van der Waals surface area contributed by atoms with Crippen molar-refractivity contribution >= 4 is 28.8 Å². The minimum Gasteiger partial charge on any atom is -0.389 e. The topological polar surface area (TPSA) is 55.1 Å². The fourth-order valence-corrected chi connectivity index (χ4v) is 2.25. The molecular weight excluding hydrogens is 280 g/mol. The zero-order chi connectivity index (χ0) is 15.4. The largest absolute Gasteiger partial charge is 0.389 e. The Morgan fingerprint density at radius 2 is 1.95 bits per heavy atom. The summed E-state index contributed by atoms with van der Waals surface area (Å²) in [5.74, 6) is -0.0520. The quantitative estimate of drug-likeness (QED) is 0.853. The third-order valence-electron chi connectivity index (χ3n) is 3.29. The highest BCUT2D eigenvalue weighted by molar-refractivity contribution is 7.80. The van der Waals surface area contributed by atoms with Gasteiger partial charge in [-0.25, -0.2) is 0 Å². The molecule has 108 valence electrons. The van der Waals surface area contributed by atoms with Crippen molar-refractivity contribution < 1.29 is 4.79 Å². The van der Waals surface area contributed by atoms with Gasteiger partial charge in [-0.2, -0.15) is 0 Å². The van der Waals surface area contributed by atoms with Crippen molar-refractivity contribution in [1.82, 2.24) is 0 Å². The Bertz CT molecular complexity index is 695. The van der Waals surface area contributed by atoms with Gasteiger partial charge < -0.3 is 11.1 Å². The number of hydrogen-bond donors (Lipinski definition) is 2. The van der Waals surface area contributed by atoms with Crippen LogP contribution in [0, 0.1) is 13.8 Å². The number of benzene rings is 2. The number of amides is 1. The first-order valence-electron chi connectivity index (χ1n) is 6.71. The van der Waals surface area contributed by atoms with Gasteiger partial charge in [0.25, 0.3) is 0 Å². The number of nitrogens with one attached hydrogen (secondary N) is 1. The second-order valence-electron chi connectivity index (χ2n) is 5.10. The number of carbonyl (C=O) groups is 1. The third kappa shape index (κ3) is 4.13. The molecule has 2 aromatic rings. The van der Waals surface area contributed by atoms with E-state index >= 15 is 0 Å². The molecule has 0 heterocycles. The van der Waals surface area contributed by atoms with Crippen molar-refractivity contribution in [3.8, 4) is 0 Å². The molecule has 1 amide bonds. The Morgan fingerprint density at radius 3 is 2.67 bits per heavy atom. The van der Waals surface area contributed by atoms with Gasteiger partial charge in [-0.15, -0.1) is 0 Å². The summed E-state index contributed by atoms with van der Waals surface area (Å²) in [6.45, 7) is 4.03.